The van der Waals surface area contributed by atoms with Crippen LogP contribution in [0.5, 0.6) is 0 Å². The van der Waals surface area contributed by atoms with E-state index in [1.807, 2.05) is 0 Å². The molecule has 106 valence electrons. The minimum Gasteiger partial charge on any atom is -0.312 e. The number of unbranched alkanes of at least 4 members (excludes halogenated alkanes) is 1. The van der Waals surface area contributed by atoms with Gasteiger partial charge in [0.1, 0.15) is 0 Å². The molecule has 18 heavy (non-hydrogen) atoms. The molecule has 1 N–H and O–H groups in total. The maximum Gasteiger partial charge on any atom is 0.0140 e. The van der Waals surface area contributed by atoms with Gasteiger partial charge in [0.2, 0.25) is 0 Å². The summed E-state index contributed by atoms with van der Waals surface area (Å²) >= 11 is 0. The van der Waals surface area contributed by atoms with Crippen molar-refractivity contribution in [1.82, 2.24) is 15.1 Å². The lowest BCUT2D eigenvalue weighted by atomic mass is 9.88. The third kappa shape index (κ3) is 3.94. The third-order valence-electron chi connectivity index (χ3n) is 4.58. The zero-order valence-electron chi connectivity index (χ0n) is 12.5. The minimum absolute atomic E-state index is 0.336. The lowest BCUT2D eigenvalue weighted by molar-refractivity contribution is 0.0620. The Bertz CT molecular complexity index is 244. The van der Waals surface area contributed by atoms with Crippen molar-refractivity contribution in [3.63, 3.8) is 0 Å². The monoisotopic (exact) mass is 253 g/mol. The smallest absolute Gasteiger partial charge is 0.0140 e. The van der Waals surface area contributed by atoms with Crippen LogP contribution in [0.4, 0.5) is 0 Å². The highest BCUT2D eigenvalue weighted by Crippen LogP contribution is 2.23. The molecular weight excluding hydrogens is 222 g/mol. The summed E-state index contributed by atoms with van der Waals surface area (Å²) in [6.07, 6.45) is 5.32. The first-order valence-electron chi connectivity index (χ1n) is 7.82. The molecule has 0 bridgehead atoms. The number of piperidine rings is 1. The van der Waals surface area contributed by atoms with Gasteiger partial charge >= 0.3 is 0 Å². The van der Waals surface area contributed by atoms with Crippen LogP contribution in [0.15, 0.2) is 0 Å². The van der Waals surface area contributed by atoms with E-state index in [4.69, 9.17) is 0 Å². The van der Waals surface area contributed by atoms with E-state index < -0.39 is 0 Å². The molecule has 2 rings (SSSR count). The maximum absolute atomic E-state index is 3.63. The van der Waals surface area contributed by atoms with Crippen LogP contribution in [0.25, 0.3) is 0 Å². The van der Waals surface area contributed by atoms with Crippen molar-refractivity contribution in [2.75, 3.05) is 39.3 Å². The summed E-state index contributed by atoms with van der Waals surface area (Å²) in [6, 6.07) is 0.814. The summed E-state index contributed by atoms with van der Waals surface area (Å²) in [4.78, 5) is 5.39. The fourth-order valence-corrected chi connectivity index (χ4v) is 3.39. The van der Waals surface area contributed by atoms with Gasteiger partial charge in [0, 0.05) is 37.8 Å². The van der Waals surface area contributed by atoms with E-state index in [0.717, 1.165) is 6.04 Å². The Hall–Kier alpha value is -0.120. The second-order valence-corrected chi connectivity index (χ2v) is 6.69. The molecular formula is C15H31N3. The second-order valence-electron chi connectivity index (χ2n) is 6.69. The molecule has 0 spiro atoms. The first-order valence-corrected chi connectivity index (χ1v) is 7.82. The highest BCUT2D eigenvalue weighted by atomic mass is 15.3. The summed E-state index contributed by atoms with van der Waals surface area (Å²) in [5, 5.41) is 3.63. The molecule has 0 aromatic rings. The van der Waals surface area contributed by atoms with Gasteiger partial charge in [-0.15, -0.1) is 0 Å². The van der Waals surface area contributed by atoms with Crippen molar-refractivity contribution in [3.05, 3.63) is 0 Å². The molecule has 2 aliphatic heterocycles. The van der Waals surface area contributed by atoms with Crippen LogP contribution in [-0.4, -0.2) is 60.6 Å². The zero-order chi connectivity index (χ0) is 13.0. The number of hydrogen-bond donors (Lipinski definition) is 1. The Morgan fingerprint density at radius 1 is 1.17 bits per heavy atom. The highest BCUT2D eigenvalue weighted by molar-refractivity contribution is 4.91. The van der Waals surface area contributed by atoms with Gasteiger partial charge in [-0.2, -0.15) is 0 Å². The lowest BCUT2D eigenvalue weighted by Crippen LogP contribution is -2.57. The van der Waals surface area contributed by atoms with Gasteiger partial charge in [0.05, 0.1) is 0 Å². The zero-order valence-corrected chi connectivity index (χ0v) is 12.5. The average molecular weight is 253 g/mol. The van der Waals surface area contributed by atoms with Crippen LogP contribution in [0.2, 0.25) is 0 Å². The van der Waals surface area contributed by atoms with Crippen LogP contribution in [0.3, 0.4) is 0 Å². The maximum atomic E-state index is 3.63. The Kier molecular flexibility index (Phi) is 5.05. The third-order valence-corrected chi connectivity index (χ3v) is 4.58. The van der Waals surface area contributed by atoms with Crippen molar-refractivity contribution in [1.29, 1.82) is 0 Å². The molecule has 1 atom stereocenters. The first kappa shape index (κ1) is 14.3. The number of hydrogen-bond acceptors (Lipinski definition) is 3. The molecule has 0 saturated carbocycles. The van der Waals surface area contributed by atoms with Crippen LogP contribution in [0.1, 0.15) is 46.5 Å². The summed E-state index contributed by atoms with van der Waals surface area (Å²) < 4.78 is 0. The molecule has 1 unspecified atom stereocenters. The molecule has 0 aromatic heterocycles. The number of rotatable bonds is 4. The Labute approximate surface area is 113 Å². The Morgan fingerprint density at radius 2 is 1.89 bits per heavy atom. The van der Waals surface area contributed by atoms with Crippen LogP contribution in [0, 0.1) is 0 Å². The van der Waals surface area contributed by atoms with E-state index in [-0.39, 0.29) is 0 Å². The fraction of sp³-hybridized carbons (Fsp3) is 1.00. The molecule has 2 saturated heterocycles. The predicted octanol–water partition coefficient (Wildman–Crippen LogP) is 1.93. The minimum atomic E-state index is 0.336. The molecule has 2 fully saturated rings. The largest absolute Gasteiger partial charge is 0.312 e. The van der Waals surface area contributed by atoms with Gasteiger partial charge in [-0.1, -0.05) is 13.3 Å². The Balaban J connectivity index is 1.75. The second kappa shape index (κ2) is 6.36. The van der Waals surface area contributed by atoms with Crippen LogP contribution >= 0.6 is 0 Å². The van der Waals surface area contributed by atoms with Gasteiger partial charge in [-0.05, 0) is 46.2 Å². The molecule has 0 amide bonds. The van der Waals surface area contributed by atoms with E-state index in [0.29, 0.717) is 5.54 Å². The lowest BCUT2D eigenvalue weighted by Gasteiger charge is -2.45. The quantitative estimate of drug-likeness (QED) is 0.826. The van der Waals surface area contributed by atoms with Gasteiger partial charge in [0.25, 0.3) is 0 Å². The standard InChI is InChI=1S/C15H31N3/c1-4-5-8-17-9-11-18(12-10-17)14-6-7-16-15(2,3)13-14/h14,16H,4-13H2,1-3H3. The molecule has 0 radical (unpaired) electrons. The normalized spacial score (nSPS) is 30.5. The van der Waals surface area contributed by atoms with E-state index >= 15 is 0 Å². The van der Waals surface area contributed by atoms with Crippen molar-refractivity contribution >= 4 is 0 Å². The summed E-state index contributed by atoms with van der Waals surface area (Å²) in [7, 11) is 0. The van der Waals surface area contributed by atoms with Crippen LogP contribution in [-0.2, 0) is 0 Å². The van der Waals surface area contributed by atoms with Crippen LogP contribution < -0.4 is 5.32 Å². The van der Waals surface area contributed by atoms with Gasteiger partial charge in [-0.3, -0.25) is 4.90 Å². The van der Waals surface area contributed by atoms with Crippen molar-refractivity contribution in [3.8, 4) is 0 Å². The number of nitrogens with one attached hydrogen (secondary N) is 1. The molecule has 2 aliphatic rings. The summed E-state index contributed by atoms with van der Waals surface area (Å²) in [6.45, 7) is 14.6. The Morgan fingerprint density at radius 3 is 2.50 bits per heavy atom. The molecule has 0 aliphatic carbocycles. The van der Waals surface area contributed by atoms with E-state index in [9.17, 15) is 0 Å². The molecule has 3 heteroatoms. The average Bonchev–Trinajstić information content (AvgIpc) is 2.36. The fourth-order valence-electron chi connectivity index (χ4n) is 3.39. The molecule has 3 nitrogen and oxygen atoms in total. The summed E-state index contributed by atoms with van der Waals surface area (Å²) in [5.41, 5.74) is 0.336. The van der Waals surface area contributed by atoms with Crippen molar-refractivity contribution in [2.45, 2.75) is 58.0 Å². The topological polar surface area (TPSA) is 18.5 Å². The van der Waals surface area contributed by atoms with E-state index in [1.54, 1.807) is 0 Å². The van der Waals surface area contributed by atoms with E-state index in [2.05, 4.69) is 35.9 Å². The first-order chi connectivity index (χ1) is 8.61. The molecule has 2 heterocycles. The van der Waals surface area contributed by atoms with E-state index in [1.165, 1.54) is 65.0 Å². The number of nitrogens with zero attached hydrogens (tertiary/aromatic N) is 2. The van der Waals surface area contributed by atoms with Crippen molar-refractivity contribution in [2.24, 2.45) is 0 Å². The number of piperazine rings is 1. The van der Waals surface area contributed by atoms with Crippen molar-refractivity contribution < 1.29 is 0 Å². The molecule has 0 aromatic carbocycles. The van der Waals surface area contributed by atoms with Gasteiger partial charge < -0.3 is 10.2 Å². The highest BCUT2D eigenvalue weighted by Gasteiger charge is 2.32. The van der Waals surface area contributed by atoms with Gasteiger partial charge in [0.15, 0.2) is 0 Å². The predicted molar refractivity (Wildman–Crippen MR) is 78.0 cm³/mol. The SMILES string of the molecule is CCCCN1CCN(C2CCNC(C)(C)C2)CC1. The summed E-state index contributed by atoms with van der Waals surface area (Å²) in [5.74, 6) is 0. The van der Waals surface area contributed by atoms with Gasteiger partial charge in [-0.25, -0.2) is 0 Å².